The van der Waals surface area contributed by atoms with Gasteiger partial charge in [-0.05, 0) is 30.2 Å². The quantitative estimate of drug-likeness (QED) is 0.862. The first-order valence-corrected chi connectivity index (χ1v) is 6.27. The molecule has 1 unspecified atom stereocenters. The second-order valence-electron chi connectivity index (χ2n) is 4.52. The molecule has 98 valence electrons. The van der Waals surface area contributed by atoms with E-state index in [1.807, 2.05) is 30.3 Å². The van der Waals surface area contributed by atoms with E-state index in [0.717, 1.165) is 12.1 Å². The summed E-state index contributed by atoms with van der Waals surface area (Å²) in [6.45, 7) is 2.83. The van der Waals surface area contributed by atoms with Gasteiger partial charge in [-0.15, -0.1) is 0 Å². The maximum absolute atomic E-state index is 10.7. The van der Waals surface area contributed by atoms with Crippen molar-refractivity contribution in [1.29, 1.82) is 0 Å². The normalized spacial score (nSPS) is 12.1. The molecule has 2 N–H and O–H groups in total. The first kappa shape index (κ1) is 13.3. The second-order valence-corrected chi connectivity index (χ2v) is 4.52. The Kier molecular flexibility index (Phi) is 4.31. The highest BCUT2D eigenvalue weighted by atomic mass is 16.4. The van der Waals surface area contributed by atoms with Crippen LogP contribution in [0.2, 0.25) is 0 Å². The fourth-order valence-electron chi connectivity index (χ4n) is 1.90. The van der Waals surface area contributed by atoms with Crippen molar-refractivity contribution < 1.29 is 9.90 Å². The molecule has 0 aliphatic carbocycles. The number of benzene rings is 2. The lowest BCUT2D eigenvalue weighted by molar-refractivity contribution is 0.0697. The number of nitrogens with one attached hydrogen (secondary N) is 1. The third kappa shape index (κ3) is 3.66. The number of hydrogen-bond acceptors (Lipinski definition) is 2. The van der Waals surface area contributed by atoms with Gasteiger partial charge in [-0.1, -0.05) is 42.5 Å². The van der Waals surface area contributed by atoms with Gasteiger partial charge in [0.2, 0.25) is 0 Å². The van der Waals surface area contributed by atoms with Crippen LogP contribution in [0, 0.1) is 0 Å². The van der Waals surface area contributed by atoms with Crippen LogP contribution in [-0.4, -0.2) is 11.1 Å². The molecule has 0 aliphatic rings. The first-order valence-electron chi connectivity index (χ1n) is 6.27. The summed E-state index contributed by atoms with van der Waals surface area (Å²) in [5.41, 5.74) is 2.64. The minimum Gasteiger partial charge on any atom is -0.478 e. The highest BCUT2D eigenvalue weighted by Crippen LogP contribution is 2.12. The molecule has 0 aliphatic heterocycles. The van der Waals surface area contributed by atoms with Gasteiger partial charge in [0.25, 0.3) is 0 Å². The summed E-state index contributed by atoms with van der Waals surface area (Å²) in [7, 11) is 0. The summed E-state index contributed by atoms with van der Waals surface area (Å²) in [5.74, 6) is -0.892. The maximum Gasteiger partial charge on any atom is 0.335 e. The second kappa shape index (κ2) is 6.16. The summed E-state index contributed by atoms with van der Waals surface area (Å²) < 4.78 is 0. The third-order valence-corrected chi connectivity index (χ3v) is 3.11. The van der Waals surface area contributed by atoms with Gasteiger partial charge in [0.05, 0.1) is 5.56 Å². The highest BCUT2D eigenvalue weighted by Gasteiger charge is 2.05. The zero-order valence-corrected chi connectivity index (χ0v) is 10.8. The molecule has 0 saturated heterocycles. The molecule has 0 saturated carbocycles. The zero-order valence-electron chi connectivity index (χ0n) is 10.8. The predicted molar refractivity (Wildman–Crippen MR) is 75.1 cm³/mol. The molecule has 2 rings (SSSR count). The van der Waals surface area contributed by atoms with Crippen LogP contribution >= 0.6 is 0 Å². The van der Waals surface area contributed by atoms with E-state index in [9.17, 15) is 4.79 Å². The Morgan fingerprint density at radius 1 is 1.11 bits per heavy atom. The standard InChI is InChI=1S/C16H17NO2/c1-12(14-5-3-2-4-6-14)17-11-13-7-9-15(10-8-13)16(18)19/h2-10,12,17H,11H2,1H3,(H,18,19). The van der Waals surface area contributed by atoms with Gasteiger partial charge in [-0.25, -0.2) is 4.79 Å². The monoisotopic (exact) mass is 255 g/mol. The fraction of sp³-hybridized carbons (Fsp3) is 0.188. The van der Waals surface area contributed by atoms with Gasteiger partial charge >= 0.3 is 5.97 Å². The van der Waals surface area contributed by atoms with Crippen LogP contribution in [0.4, 0.5) is 0 Å². The lowest BCUT2D eigenvalue weighted by atomic mass is 10.1. The van der Waals surface area contributed by atoms with Crippen molar-refractivity contribution in [3.8, 4) is 0 Å². The Morgan fingerprint density at radius 2 is 1.74 bits per heavy atom. The van der Waals surface area contributed by atoms with Gasteiger partial charge in [0.1, 0.15) is 0 Å². The fourth-order valence-corrected chi connectivity index (χ4v) is 1.90. The van der Waals surface area contributed by atoms with Crippen molar-refractivity contribution in [3.05, 3.63) is 71.3 Å². The molecule has 1 atom stereocenters. The number of carboxylic acids is 1. The number of carboxylic acid groups (broad SMARTS) is 1. The minimum atomic E-state index is -0.892. The first-order chi connectivity index (χ1) is 9.16. The van der Waals surface area contributed by atoms with Gasteiger partial charge in [-0.3, -0.25) is 0 Å². The molecular formula is C16H17NO2. The molecule has 0 fully saturated rings. The third-order valence-electron chi connectivity index (χ3n) is 3.11. The number of carbonyl (C=O) groups is 1. The van der Waals surface area contributed by atoms with Crippen molar-refractivity contribution in [2.45, 2.75) is 19.5 Å². The Morgan fingerprint density at radius 3 is 2.32 bits per heavy atom. The molecule has 3 nitrogen and oxygen atoms in total. The van der Waals surface area contributed by atoms with Gasteiger partial charge in [-0.2, -0.15) is 0 Å². The van der Waals surface area contributed by atoms with Crippen molar-refractivity contribution in [3.63, 3.8) is 0 Å². The molecule has 0 bridgehead atoms. The largest absolute Gasteiger partial charge is 0.478 e. The average Bonchev–Trinajstić information content (AvgIpc) is 2.46. The van der Waals surface area contributed by atoms with E-state index in [4.69, 9.17) is 5.11 Å². The molecule has 19 heavy (non-hydrogen) atoms. The summed E-state index contributed by atoms with van der Waals surface area (Å²) in [5, 5.41) is 12.2. The number of hydrogen-bond donors (Lipinski definition) is 2. The molecule has 0 aromatic heterocycles. The summed E-state index contributed by atoms with van der Waals surface area (Å²) >= 11 is 0. The summed E-state index contributed by atoms with van der Waals surface area (Å²) in [6.07, 6.45) is 0. The van der Waals surface area contributed by atoms with E-state index < -0.39 is 5.97 Å². The van der Waals surface area contributed by atoms with Gasteiger partial charge < -0.3 is 10.4 Å². The predicted octanol–water partition coefficient (Wildman–Crippen LogP) is 3.24. The van der Waals surface area contributed by atoms with Crippen molar-refractivity contribution in [1.82, 2.24) is 5.32 Å². The smallest absolute Gasteiger partial charge is 0.335 e. The summed E-state index contributed by atoms with van der Waals surface area (Å²) in [6, 6.07) is 17.4. The molecular weight excluding hydrogens is 238 g/mol. The Labute approximate surface area is 112 Å². The van der Waals surface area contributed by atoms with E-state index in [0.29, 0.717) is 5.56 Å². The van der Waals surface area contributed by atoms with Gasteiger partial charge in [0, 0.05) is 12.6 Å². The molecule has 2 aromatic rings. The van der Waals surface area contributed by atoms with Crippen LogP contribution in [0.25, 0.3) is 0 Å². The molecule has 0 radical (unpaired) electrons. The molecule has 0 spiro atoms. The van der Waals surface area contributed by atoms with E-state index in [-0.39, 0.29) is 6.04 Å². The lowest BCUT2D eigenvalue weighted by Gasteiger charge is -2.14. The minimum absolute atomic E-state index is 0.264. The lowest BCUT2D eigenvalue weighted by Crippen LogP contribution is -2.18. The zero-order chi connectivity index (χ0) is 13.7. The van der Waals surface area contributed by atoms with Gasteiger partial charge in [0.15, 0.2) is 0 Å². The molecule has 0 heterocycles. The average molecular weight is 255 g/mol. The van der Waals surface area contributed by atoms with E-state index in [1.165, 1.54) is 5.56 Å². The molecule has 0 amide bonds. The highest BCUT2D eigenvalue weighted by molar-refractivity contribution is 5.87. The van der Waals surface area contributed by atoms with Crippen LogP contribution in [-0.2, 0) is 6.54 Å². The van der Waals surface area contributed by atoms with Crippen molar-refractivity contribution in [2.75, 3.05) is 0 Å². The Balaban J connectivity index is 1.93. The van der Waals surface area contributed by atoms with Crippen molar-refractivity contribution in [2.24, 2.45) is 0 Å². The SMILES string of the molecule is CC(NCc1ccc(C(=O)O)cc1)c1ccccc1. The van der Waals surface area contributed by atoms with Crippen LogP contribution in [0.5, 0.6) is 0 Å². The van der Waals surface area contributed by atoms with E-state index in [2.05, 4.69) is 24.4 Å². The molecule has 3 heteroatoms. The Bertz CT molecular complexity index is 534. The topological polar surface area (TPSA) is 49.3 Å². The van der Waals surface area contributed by atoms with Crippen LogP contribution in [0.3, 0.4) is 0 Å². The summed E-state index contributed by atoms with van der Waals surface area (Å²) in [4.78, 5) is 10.7. The Hall–Kier alpha value is -2.13. The van der Waals surface area contributed by atoms with E-state index >= 15 is 0 Å². The van der Waals surface area contributed by atoms with E-state index in [1.54, 1.807) is 12.1 Å². The number of aromatic carboxylic acids is 1. The maximum atomic E-state index is 10.7. The number of rotatable bonds is 5. The van der Waals surface area contributed by atoms with Crippen LogP contribution in [0.15, 0.2) is 54.6 Å². The molecule has 2 aromatic carbocycles. The van der Waals surface area contributed by atoms with Crippen LogP contribution < -0.4 is 5.32 Å². The van der Waals surface area contributed by atoms with Crippen molar-refractivity contribution >= 4 is 5.97 Å². The van der Waals surface area contributed by atoms with Crippen LogP contribution in [0.1, 0.15) is 34.5 Å².